The molecule has 0 aromatic heterocycles. The number of hydrazine groups is 1. The van der Waals surface area contributed by atoms with E-state index in [0.717, 1.165) is 22.4 Å². The van der Waals surface area contributed by atoms with Gasteiger partial charge in [-0.3, -0.25) is 10.2 Å². The fourth-order valence-electron chi connectivity index (χ4n) is 3.14. The molecule has 3 nitrogen and oxygen atoms in total. The molecule has 1 saturated heterocycles. The van der Waals surface area contributed by atoms with E-state index >= 15 is 0 Å². The quantitative estimate of drug-likeness (QED) is 0.933. The molecule has 1 N–H and O–H groups in total. The summed E-state index contributed by atoms with van der Waals surface area (Å²) < 4.78 is 41.1. The van der Waals surface area contributed by atoms with Crippen LogP contribution < -0.4 is 5.43 Å². The Morgan fingerprint density at radius 2 is 1.87 bits per heavy atom. The average molecular weight is 322 g/mol. The molecule has 1 unspecified atom stereocenters. The maximum absolute atomic E-state index is 13.7. The molecule has 1 heterocycles. The van der Waals surface area contributed by atoms with E-state index in [2.05, 4.69) is 5.43 Å². The third-order valence-corrected chi connectivity index (χ3v) is 4.19. The lowest BCUT2D eigenvalue weighted by molar-refractivity contribution is -0.190. The van der Waals surface area contributed by atoms with Gasteiger partial charge in [-0.05, 0) is 28.3 Å². The predicted molar refractivity (Wildman–Crippen MR) is 81.6 cm³/mol. The summed E-state index contributed by atoms with van der Waals surface area (Å²) in [6.07, 6.45) is -3.65. The topological polar surface area (TPSA) is 32.3 Å². The van der Waals surface area contributed by atoms with E-state index in [-0.39, 0.29) is 24.4 Å². The Kier molecular flexibility index (Phi) is 4.02. The van der Waals surface area contributed by atoms with Crippen LogP contribution in [0.2, 0.25) is 0 Å². The number of nitrogens with one attached hydrogen (secondary N) is 1. The lowest BCUT2D eigenvalue weighted by Gasteiger charge is -2.30. The molecule has 1 atom stereocenters. The van der Waals surface area contributed by atoms with E-state index in [1.807, 2.05) is 19.1 Å². The van der Waals surface area contributed by atoms with Gasteiger partial charge in [-0.15, -0.1) is 0 Å². The van der Waals surface area contributed by atoms with Crippen molar-refractivity contribution < 1.29 is 18.0 Å². The van der Waals surface area contributed by atoms with Crippen LogP contribution in [0.3, 0.4) is 0 Å². The molecule has 0 bridgehead atoms. The number of carbonyl (C=O) groups is 1. The molecule has 2 aromatic rings. The number of aryl methyl sites for hydroxylation is 1. The number of benzene rings is 2. The van der Waals surface area contributed by atoms with Gasteiger partial charge in [0, 0.05) is 13.0 Å². The molecule has 23 heavy (non-hydrogen) atoms. The number of hydrogen-bond donors (Lipinski definition) is 1. The first-order valence-electron chi connectivity index (χ1n) is 7.55. The van der Waals surface area contributed by atoms with Crippen LogP contribution in [-0.4, -0.2) is 23.6 Å². The number of carbonyl (C=O) groups excluding carboxylic acids is 1. The third-order valence-electron chi connectivity index (χ3n) is 4.19. The van der Waals surface area contributed by atoms with Crippen LogP contribution in [-0.2, 0) is 11.2 Å². The third kappa shape index (κ3) is 2.91. The van der Waals surface area contributed by atoms with Crippen LogP contribution in [0.4, 0.5) is 13.2 Å². The number of hydrogen-bond acceptors (Lipinski definition) is 2. The molecule has 0 aliphatic carbocycles. The number of alkyl halides is 3. The summed E-state index contributed by atoms with van der Waals surface area (Å²) in [5.41, 5.74) is 3.51. The fourth-order valence-corrected chi connectivity index (χ4v) is 3.14. The van der Waals surface area contributed by atoms with Gasteiger partial charge < -0.3 is 0 Å². The smallest absolute Gasteiger partial charge is 0.288 e. The number of halogens is 3. The molecule has 1 aliphatic heterocycles. The van der Waals surface area contributed by atoms with E-state index in [1.165, 1.54) is 6.07 Å². The molecule has 1 amide bonds. The molecule has 1 aliphatic rings. The van der Waals surface area contributed by atoms with E-state index in [9.17, 15) is 18.0 Å². The Hall–Kier alpha value is -2.08. The monoisotopic (exact) mass is 322 g/mol. The molecular formula is C17H17F3N2O. The molecule has 0 radical (unpaired) electrons. The second-order valence-corrected chi connectivity index (χ2v) is 5.64. The largest absolute Gasteiger partial charge is 0.409 e. The summed E-state index contributed by atoms with van der Waals surface area (Å²) >= 11 is 0. The fraction of sp³-hybridized carbons (Fsp3) is 0.353. The summed E-state index contributed by atoms with van der Waals surface area (Å²) in [6.45, 7) is 2.02. The molecule has 0 saturated carbocycles. The lowest BCUT2D eigenvalue weighted by Crippen LogP contribution is -2.43. The minimum Gasteiger partial charge on any atom is -0.288 e. The molecular weight excluding hydrogens is 305 g/mol. The van der Waals surface area contributed by atoms with Crippen molar-refractivity contribution in [1.82, 2.24) is 10.4 Å². The number of rotatable bonds is 3. The zero-order valence-electron chi connectivity index (χ0n) is 12.7. The Morgan fingerprint density at radius 3 is 2.43 bits per heavy atom. The van der Waals surface area contributed by atoms with E-state index < -0.39 is 12.2 Å². The van der Waals surface area contributed by atoms with Crippen molar-refractivity contribution in [2.75, 3.05) is 6.54 Å². The summed E-state index contributed by atoms with van der Waals surface area (Å²) in [6, 6.07) is 8.55. The number of fused-ring (bicyclic) bond motifs is 1. The highest BCUT2D eigenvalue weighted by atomic mass is 19.4. The van der Waals surface area contributed by atoms with E-state index in [1.54, 1.807) is 18.2 Å². The van der Waals surface area contributed by atoms with E-state index in [4.69, 9.17) is 0 Å². The zero-order chi connectivity index (χ0) is 16.6. The average Bonchev–Trinajstić information content (AvgIpc) is 2.92. The van der Waals surface area contributed by atoms with Crippen molar-refractivity contribution >= 4 is 16.7 Å². The van der Waals surface area contributed by atoms with Crippen LogP contribution in [0.1, 0.15) is 30.5 Å². The maximum atomic E-state index is 13.7. The van der Waals surface area contributed by atoms with Crippen LogP contribution >= 0.6 is 0 Å². The van der Waals surface area contributed by atoms with Gasteiger partial charge in [-0.25, -0.2) is 5.01 Å². The zero-order valence-corrected chi connectivity index (χ0v) is 12.7. The highest BCUT2D eigenvalue weighted by Gasteiger charge is 2.47. The molecule has 3 rings (SSSR count). The van der Waals surface area contributed by atoms with Crippen LogP contribution in [0, 0.1) is 0 Å². The predicted octanol–water partition coefficient (Wildman–Crippen LogP) is 3.74. The highest BCUT2D eigenvalue weighted by Crippen LogP contribution is 2.41. The first kappa shape index (κ1) is 15.8. The minimum absolute atomic E-state index is 0.0485. The van der Waals surface area contributed by atoms with Gasteiger partial charge >= 0.3 is 6.18 Å². The Balaban J connectivity index is 2.17. The number of nitrogens with zero attached hydrogens (tertiary/aromatic N) is 1. The van der Waals surface area contributed by atoms with Crippen LogP contribution in [0.15, 0.2) is 36.4 Å². The normalized spacial score (nSPS) is 17.5. The van der Waals surface area contributed by atoms with Gasteiger partial charge in [0.2, 0.25) is 5.91 Å². The van der Waals surface area contributed by atoms with Gasteiger partial charge in [0.25, 0.3) is 0 Å². The van der Waals surface area contributed by atoms with Crippen molar-refractivity contribution in [3.05, 3.63) is 47.5 Å². The van der Waals surface area contributed by atoms with E-state index in [0.29, 0.717) is 5.39 Å². The summed E-state index contributed by atoms with van der Waals surface area (Å²) in [5, 5.41) is 2.40. The maximum Gasteiger partial charge on any atom is 0.409 e. The van der Waals surface area contributed by atoms with Gasteiger partial charge in [0.15, 0.2) is 6.04 Å². The van der Waals surface area contributed by atoms with Crippen LogP contribution in [0.5, 0.6) is 0 Å². The molecule has 0 spiro atoms. The molecule has 1 fully saturated rings. The summed E-state index contributed by atoms with van der Waals surface area (Å²) in [4.78, 5) is 11.4. The first-order valence-corrected chi connectivity index (χ1v) is 7.55. The van der Waals surface area contributed by atoms with Crippen molar-refractivity contribution in [1.29, 1.82) is 0 Å². The van der Waals surface area contributed by atoms with Gasteiger partial charge in [-0.2, -0.15) is 13.2 Å². The Morgan fingerprint density at radius 1 is 1.17 bits per heavy atom. The summed E-state index contributed by atoms with van der Waals surface area (Å²) in [7, 11) is 0. The SMILES string of the molecule is CCc1ccc(C(N2CCC(=O)N2)C(F)(F)F)c2ccccc12. The van der Waals surface area contributed by atoms with Gasteiger partial charge in [0.05, 0.1) is 0 Å². The molecule has 122 valence electrons. The standard InChI is InChI=1S/C17H17F3N2O/c1-2-11-7-8-14(13-6-4-3-5-12(11)13)16(17(18,19)20)22-10-9-15(23)21-22/h3-8,16H,2,9-10H2,1H3,(H,21,23). The molecule has 6 heteroatoms. The van der Waals surface area contributed by atoms with Gasteiger partial charge in [-0.1, -0.05) is 43.3 Å². The Labute approximate surface area is 132 Å². The number of amides is 1. The van der Waals surface area contributed by atoms with Crippen molar-refractivity contribution in [2.24, 2.45) is 0 Å². The van der Waals surface area contributed by atoms with Crippen LogP contribution in [0.25, 0.3) is 10.8 Å². The van der Waals surface area contributed by atoms with Crippen molar-refractivity contribution in [3.63, 3.8) is 0 Å². The summed E-state index contributed by atoms with van der Waals surface area (Å²) in [5.74, 6) is -0.381. The molecule has 2 aromatic carbocycles. The van der Waals surface area contributed by atoms with Crippen molar-refractivity contribution in [2.45, 2.75) is 32.0 Å². The highest BCUT2D eigenvalue weighted by molar-refractivity contribution is 5.89. The van der Waals surface area contributed by atoms with Gasteiger partial charge in [0.1, 0.15) is 0 Å². The minimum atomic E-state index is -4.48. The lowest BCUT2D eigenvalue weighted by atomic mass is 9.94. The first-order chi connectivity index (χ1) is 10.9. The second kappa shape index (κ2) is 5.85. The Bertz CT molecular complexity index is 742. The second-order valence-electron chi connectivity index (χ2n) is 5.64. The van der Waals surface area contributed by atoms with Crippen molar-refractivity contribution in [3.8, 4) is 0 Å².